The zero-order valence-electron chi connectivity index (χ0n) is 16.4. The van der Waals surface area contributed by atoms with Crippen LogP contribution in [0.25, 0.3) is 10.9 Å². The van der Waals surface area contributed by atoms with Crippen LogP contribution >= 0.6 is 0 Å². The van der Waals surface area contributed by atoms with Crippen molar-refractivity contribution in [3.63, 3.8) is 0 Å². The number of fused-ring (bicyclic) bond motifs is 1. The number of aliphatic hydroxyl groups is 1. The Kier molecular flexibility index (Phi) is 5.97. The van der Waals surface area contributed by atoms with E-state index < -0.39 is 6.29 Å². The van der Waals surface area contributed by atoms with Crippen LogP contribution in [0.2, 0.25) is 0 Å². The zero-order valence-corrected chi connectivity index (χ0v) is 16.4. The van der Waals surface area contributed by atoms with Crippen LogP contribution in [-0.2, 0) is 16.0 Å². The summed E-state index contributed by atoms with van der Waals surface area (Å²) in [4.78, 5) is 12.2. The highest BCUT2D eigenvalue weighted by Gasteiger charge is 2.15. The molecule has 0 aliphatic rings. The normalized spacial score (nSPS) is 12.1. The first-order valence-electron chi connectivity index (χ1n) is 9.13. The fourth-order valence-corrected chi connectivity index (χ4v) is 3.36. The van der Waals surface area contributed by atoms with Gasteiger partial charge in [0.2, 0.25) is 0 Å². The minimum Gasteiger partial charge on any atom is -0.458 e. The summed E-state index contributed by atoms with van der Waals surface area (Å²) >= 11 is 0. The molecule has 1 atom stereocenters. The van der Waals surface area contributed by atoms with Gasteiger partial charge in [-0.1, -0.05) is 30.9 Å². The Morgan fingerprint density at radius 1 is 1.25 bits per heavy atom. The zero-order chi connectivity index (χ0) is 20.3. The number of carbonyl (C=O) groups is 1. The molecule has 28 heavy (non-hydrogen) atoms. The Hall–Kier alpha value is -2.89. The van der Waals surface area contributed by atoms with E-state index in [9.17, 15) is 9.90 Å². The van der Waals surface area contributed by atoms with Crippen LogP contribution < -0.4 is 0 Å². The predicted molar refractivity (Wildman–Crippen MR) is 109 cm³/mol. The molecular weight excluding hydrogens is 354 g/mol. The van der Waals surface area contributed by atoms with Crippen molar-refractivity contribution in [2.24, 2.45) is 0 Å². The maximum absolute atomic E-state index is 12.2. The van der Waals surface area contributed by atoms with E-state index in [-0.39, 0.29) is 12.6 Å². The minimum atomic E-state index is -0.937. The van der Waals surface area contributed by atoms with E-state index in [1.807, 2.05) is 36.4 Å². The quantitative estimate of drug-likeness (QED) is 0.378. The largest absolute Gasteiger partial charge is 0.458 e. The number of aliphatic hydroxyl groups excluding tert-OH is 1. The molecule has 0 aliphatic carbocycles. The summed E-state index contributed by atoms with van der Waals surface area (Å²) in [6.07, 6.45) is 0.616. The van der Waals surface area contributed by atoms with Gasteiger partial charge in [0, 0.05) is 35.8 Å². The van der Waals surface area contributed by atoms with Gasteiger partial charge < -0.3 is 19.1 Å². The molecule has 0 radical (unpaired) electrons. The molecule has 0 fully saturated rings. The van der Waals surface area contributed by atoms with Gasteiger partial charge in [-0.05, 0) is 49.2 Å². The van der Waals surface area contributed by atoms with Crippen LogP contribution in [0.3, 0.4) is 0 Å². The maximum atomic E-state index is 12.2. The first-order valence-corrected chi connectivity index (χ1v) is 9.13. The fourth-order valence-electron chi connectivity index (χ4n) is 3.36. The van der Waals surface area contributed by atoms with Gasteiger partial charge in [-0.2, -0.15) is 0 Å². The first-order chi connectivity index (χ1) is 13.5. The Bertz CT molecular complexity index is 1020. The second-order valence-electron chi connectivity index (χ2n) is 6.75. The Morgan fingerprint density at radius 2 is 2.04 bits per heavy atom. The predicted octanol–water partition coefficient (Wildman–Crippen LogP) is 4.29. The first kappa shape index (κ1) is 19.9. The van der Waals surface area contributed by atoms with Crippen LogP contribution in [0.4, 0.5) is 0 Å². The van der Waals surface area contributed by atoms with E-state index in [0.717, 1.165) is 33.3 Å². The number of methoxy groups -OCH3 is 1. The van der Waals surface area contributed by atoms with Crippen LogP contribution in [-0.4, -0.2) is 29.4 Å². The SMILES string of the molecule is C=CCOC(=O)c1ccc2c(c1)c(C)c(C)n2Cc1cccc(C(O)OC)c1. The third-order valence-electron chi connectivity index (χ3n) is 5.01. The van der Waals surface area contributed by atoms with Gasteiger partial charge in [-0.15, -0.1) is 0 Å². The summed E-state index contributed by atoms with van der Waals surface area (Å²) in [7, 11) is 1.47. The number of aryl methyl sites for hydroxylation is 1. The van der Waals surface area contributed by atoms with Gasteiger partial charge in [0.15, 0.2) is 6.29 Å². The molecule has 1 unspecified atom stereocenters. The molecule has 3 rings (SSSR count). The van der Waals surface area contributed by atoms with E-state index in [2.05, 4.69) is 25.0 Å². The van der Waals surface area contributed by atoms with Crippen LogP contribution in [0.5, 0.6) is 0 Å². The highest BCUT2D eigenvalue weighted by atomic mass is 16.6. The Balaban J connectivity index is 1.97. The van der Waals surface area contributed by atoms with E-state index >= 15 is 0 Å². The van der Waals surface area contributed by atoms with Gasteiger partial charge in [0.05, 0.1) is 5.56 Å². The van der Waals surface area contributed by atoms with Gasteiger partial charge in [0.25, 0.3) is 0 Å². The average Bonchev–Trinajstić information content (AvgIpc) is 2.96. The van der Waals surface area contributed by atoms with Crippen molar-refractivity contribution in [1.29, 1.82) is 0 Å². The second kappa shape index (κ2) is 8.42. The van der Waals surface area contributed by atoms with Crippen molar-refractivity contribution in [3.05, 3.63) is 83.1 Å². The lowest BCUT2D eigenvalue weighted by molar-refractivity contribution is -0.0769. The molecule has 0 saturated heterocycles. The monoisotopic (exact) mass is 379 g/mol. The number of nitrogens with zero attached hydrogens (tertiary/aromatic N) is 1. The molecule has 1 heterocycles. The van der Waals surface area contributed by atoms with Gasteiger partial charge >= 0.3 is 5.97 Å². The number of aromatic nitrogens is 1. The van der Waals surface area contributed by atoms with Gasteiger partial charge in [-0.25, -0.2) is 4.79 Å². The van der Waals surface area contributed by atoms with Crippen molar-refractivity contribution in [2.45, 2.75) is 26.7 Å². The average molecular weight is 379 g/mol. The lowest BCUT2D eigenvalue weighted by Gasteiger charge is -2.13. The van der Waals surface area contributed by atoms with Crippen molar-refractivity contribution in [2.75, 3.05) is 13.7 Å². The van der Waals surface area contributed by atoms with E-state index in [4.69, 9.17) is 9.47 Å². The van der Waals surface area contributed by atoms with Crippen molar-refractivity contribution < 1.29 is 19.4 Å². The third-order valence-corrected chi connectivity index (χ3v) is 5.01. The van der Waals surface area contributed by atoms with Crippen molar-refractivity contribution in [1.82, 2.24) is 4.57 Å². The lowest BCUT2D eigenvalue weighted by atomic mass is 10.1. The minimum absolute atomic E-state index is 0.194. The number of benzene rings is 2. The molecule has 5 heteroatoms. The molecule has 1 aromatic heterocycles. The van der Waals surface area contributed by atoms with Gasteiger partial charge in [0.1, 0.15) is 6.61 Å². The molecule has 0 saturated carbocycles. The standard InChI is InChI=1S/C23H25NO4/c1-5-11-28-23(26)19-9-10-21-20(13-19)15(2)16(3)24(21)14-17-7-6-8-18(12-17)22(25)27-4/h5-10,12-13,22,25H,1,11,14H2,2-4H3. The summed E-state index contributed by atoms with van der Waals surface area (Å²) in [5.41, 5.74) is 5.61. The van der Waals surface area contributed by atoms with E-state index in [1.165, 1.54) is 7.11 Å². The molecule has 0 spiro atoms. The summed E-state index contributed by atoms with van der Waals surface area (Å²) < 4.78 is 12.4. The number of hydrogen-bond donors (Lipinski definition) is 1. The fraction of sp³-hybridized carbons (Fsp3) is 0.261. The highest BCUT2D eigenvalue weighted by molar-refractivity contribution is 5.96. The topological polar surface area (TPSA) is 60.7 Å². The van der Waals surface area contributed by atoms with E-state index in [0.29, 0.717) is 12.1 Å². The molecule has 5 nitrogen and oxygen atoms in total. The number of carbonyl (C=O) groups excluding carboxylic acids is 1. The summed E-state index contributed by atoms with van der Waals surface area (Å²) in [6, 6.07) is 13.3. The number of esters is 1. The Labute approximate surface area is 164 Å². The molecule has 1 N–H and O–H groups in total. The van der Waals surface area contributed by atoms with Crippen LogP contribution in [0.15, 0.2) is 55.1 Å². The van der Waals surface area contributed by atoms with Crippen molar-refractivity contribution in [3.8, 4) is 0 Å². The summed E-state index contributed by atoms with van der Waals surface area (Å²) in [5.74, 6) is -0.354. The van der Waals surface area contributed by atoms with Crippen LogP contribution in [0.1, 0.15) is 39.0 Å². The second-order valence-corrected chi connectivity index (χ2v) is 6.75. The lowest BCUT2D eigenvalue weighted by Crippen LogP contribution is -2.06. The van der Waals surface area contributed by atoms with Crippen LogP contribution in [0, 0.1) is 13.8 Å². The Morgan fingerprint density at radius 3 is 2.75 bits per heavy atom. The molecule has 3 aromatic rings. The molecular formula is C23H25NO4. The summed E-state index contributed by atoms with van der Waals surface area (Å²) in [6.45, 7) is 8.53. The maximum Gasteiger partial charge on any atom is 0.338 e. The van der Waals surface area contributed by atoms with Gasteiger partial charge in [-0.3, -0.25) is 0 Å². The third kappa shape index (κ3) is 3.86. The molecule has 2 aromatic carbocycles. The molecule has 146 valence electrons. The molecule has 0 bridgehead atoms. The molecule has 0 aliphatic heterocycles. The van der Waals surface area contributed by atoms with Crippen molar-refractivity contribution >= 4 is 16.9 Å². The number of ether oxygens (including phenoxy) is 2. The highest BCUT2D eigenvalue weighted by Crippen LogP contribution is 2.28. The smallest absolute Gasteiger partial charge is 0.338 e. The number of hydrogen-bond acceptors (Lipinski definition) is 4. The summed E-state index contributed by atoms with van der Waals surface area (Å²) in [5, 5.41) is 10.9. The molecule has 0 amide bonds. The number of rotatable bonds is 7. The van der Waals surface area contributed by atoms with E-state index in [1.54, 1.807) is 12.1 Å².